The highest BCUT2D eigenvalue weighted by Crippen LogP contribution is 2.32. The van der Waals surface area contributed by atoms with Gasteiger partial charge in [-0.15, -0.1) is 5.11 Å². The lowest BCUT2D eigenvalue weighted by Crippen LogP contribution is -2.39. The SMILES string of the molecule is CCCCC(CC)CN(CC(CC)CCCC)C(=O)c1ccc(N=Nc2c(NCCC)c(C(=O)OCC)c(O)[nH]c2=O)cc1. The Labute approximate surface area is 262 Å². The van der Waals surface area contributed by atoms with Crippen LogP contribution < -0.4 is 10.9 Å². The molecule has 0 saturated carbocycles. The van der Waals surface area contributed by atoms with Crippen LogP contribution >= 0.6 is 0 Å². The number of azo groups is 1. The Morgan fingerprint density at radius 3 is 2.00 bits per heavy atom. The number of esters is 1. The van der Waals surface area contributed by atoms with Crippen molar-refractivity contribution in [3.63, 3.8) is 0 Å². The summed E-state index contributed by atoms with van der Waals surface area (Å²) in [6.07, 6.45) is 9.62. The second-order valence-electron chi connectivity index (χ2n) is 11.3. The number of anilines is 1. The molecule has 0 bridgehead atoms. The van der Waals surface area contributed by atoms with Gasteiger partial charge in [-0.3, -0.25) is 14.6 Å². The average molecular weight is 612 g/mol. The monoisotopic (exact) mass is 611 g/mol. The molecule has 10 nitrogen and oxygen atoms in total. The summed E-state index contributed by atoms with van der Waals surface area (Å²) in [4.78, 5) is 43.4. The van der Waals surface area contributed by atoms with Gasteiger partial charge in [0.05, 0.1) is 18.0 Å². The van der Waals surface area contributed by atoms with E-state index >= 15 is 0 Å². The molecule has 3 N–H and O–H groups in total. The number of rotatable bonds is 20. The van der Waals surface area contributed by atoms with E-state index in [4.69, 9.17) is 4.74 Å². The van der Waals surface area contributed by atoms with Crippen molar-refractivity contribution in [1.29, 1.82) is 0 Å². The van der Waals surface area contributed by atoms with Crippen molar-refractivity contribution in [3.8, 4) is 5.88 Å². The summed E-state index contributed by atoms with van der Waals surface area (Å²) in [5.41, 5.74) is 0.00676. The number of aromatic nitrogens is 1. The number of carbonyl (C=O) groups is 2. The molecule has 0 saturated heterocycles. The van der Waals surface area contributed by atoms with Crippen LogP contribution in [-0.4, -0.2) is 53.1 Å². The Balaban J connectivity index is 2.37. The van der Waals surface area contributed by atoms with Gasteiger partial charge in [-0.2, -0.15) is 5.11 Å². The maximum absolute atomic E-state index is 13.8. The van der Waals surface area contributed by atoms with Crippen LogP contribution in [0, 0.1) is 11.8 Å². The van der Waals surface area contributed by atoms with Gasteiger partial charge in [-0.05, 0) is 62.3 Å². The fraction of sp³-hybridized carbons (Fsp3) is 0.618. The maximum atomic E-state index is 13.8. The second kappa shape index (κ2) is 19.6. The van der Waals surface area contributed by atoms with E-state index in [-0.39, 0.29) is 29.5 Å². The van der Waals surface area contributed by atoms with E-state index in [9.17, 15) is 19.5 Å². The Bertz CT molecular complexity index is 1240. The third-order valence-electron chi connectivity index (χ3n) is 7.91. The minimum atomic E-state index is -0.788. The summed E-state index contributed by atoms with van der Waals surface area (Å²) in [7, 11) is 0. The molecule has 244 valence electrons. The molecule has 10 heteroatoms. The van der Waals surface area contributed by atoms with Crippen molar-refractivity contribution < 1.29 is 19.4 Å². The molecule has 0 aliphatic rings. The highest BCUT2D eigenvalue weighted by molar-refractivity contribution is 6.00. The summed E-state index contributed by atoms with van der Waals surface area (Å²) in [5, 5.41) is 21.7. The molecule has 0 aliphatic carbocycles. The first-order chi connectivity index (χ1) is 21.2. The Morgan fingerprint density at radius 2 is 1.50 bits per heavy atom. The number of carbonyl (C=O) groups excluding carboxylic acids is 2. The van der Waals surface area contributed by atoms with Crippen LogP contribution in [0.1, 0.15) is 120 Å². The third kappa shape index (κ3) is 10.8. The van der Waals surface area contributed by atoms with Crippen LogP contribution in [0.4, 0.5) is 17.1 Å². The zero-order valence-corrected chi connectivity index (χ0v) is 27.6. The van der Waals surface area contributed by atoms with E-state index in [1.807, 2.05) is 11.8 Å². The van der Waals surface area contributed by atoms with Crippen LogP contribution in [0.15, 0.2) is 39.3 Å². The predicted octanol–water partition coefficient (Wildman–Crippen LogP) is 8.37. The van der Waals surface area contributed by atoms with Crippen LogP contribution in [0.25, 0.3) is 0 Å². The fourth-order valence-electron chi connectivity index (χ4n) is 5.16. The molecular formula is C34H53N5O5. The highest BCUT2D eigenvalue weighted by Gasteiger charge is 2.25. The molecule has 1 aromatic carbocycles. The molecule has 0 radical (unpaired) electrons. The van der Waals surface area contributed by atoms with Crippen LogP contribution in [0.5, 0.6) is 5.88 Å². The summed E-state index contributed by atoms with van der Waals surface area (Å²) in [5.74, 6) is -0.441. The van der Waals surface area contributed by atoms with Crippen molar-refractivity contribution in [3.05, 3.63) is 45.7 Å². The normalized spacial score (nSPS) is 12.7. The number of pyridine rings is 1. The van der Waals surface area contributed by atoms with Crippen molar-refractivity contribution in [2.24, 2.45) is 22.1 Å². The van der Waals surface area contributed by atoms with Gasteiger partial charge in [0.25, 0.3) is 11.5 Å². The quantitative estimate of drug-likeness (QED) is 0.102. The molecule has 0 aliphatic heterocycles. The lowest BCUT2D eigenvalue weighted by atomic mass is 9.95. The number of aromatic hydroxyl groups is 1. The van der Waals surface area contributed by atoms with Crippen LogP contribution in [0.3, 0.4) is 0 Å². The first-order valence-corrected chi connectivity index (χ1v) is 16.4. The van der Waals surface area contributed by atoms with E-state index in [2.05, 4.69) is 48.2 Å². The zero-order valence-electron chi connectivity index (χ0n) is 27.6. The molecule has 2 rings (SSSR count). The second-order valence-corrected chi connectivity index (χ2v) is 11.3. The number of ether oxygens (including phenoxy) is 1. The van der Waals surface area contributed by atoms with Crippen LogP contribution in [0.2, 0.25) is 0 Å². The van der Waals surface area contributed by atoms with E-state index in [0.29, 0.717) is 36.1 Å². The fourth-order valence-corrected chi connectivity index (χ4v) is 5.16. The number of H-pyrrole nitrogens is 1. The first kappa shape index (κ1) is 36.5. The van der Waals surface area contributed by atoms with Crippen molar-refractivity contribution in [2.75, 3.05) is 31.6 Å². The molecule has 0 fully saturated rings. The van der Waals surface area contributed by atoms with E-state index < -0.39 is 17.4 Å². The molecule has 2 aromatic rings. The molecule has 0 spiro atoms. The smallest absolute Gasteiger partial charge is 0.345 e. The molecule has 1 amide bonds. The number of benzene rings is 1. The molecule has 1 heterocycles. The van der Waals surface area contributed by atoms with Crippen molar-refractivity contribution in [2.45, 2.75) is 99.3 Å². The summed E-state index contributed by atoms with van der Waals surface area (Å²) >= 11 is 0. The molecular weight excluding hydrogens is 558 g/mol. The minimum absolute atomic E-state index is 0.0125. The summed E-state index contributed by atoms with van der Waals surface area (Å²) in [6, 6.07) is 6.87. The Kier molecular flexibility index (Phi) is 16.2. The largest absolute Gasteiger partial charge is 0.494 e. The zero-order chi connectivity index (χ0) is 32.5. The van der Waals surface area contributed by atoms with Gasteiger partial charge >= 0.3 is 5.97 Å². The lowest BCUT2D eigenvalue weighted by Gasteiger charge is -2.31. The summed E-state index contributed by atoms with van der Waals surface area (Å²) in [6.45, 7) is 14.4. The number of amides is 1. The number of unbranched alkanes of at least 4 members (excludes halogenated alkanes) is 2. The van der Waals surface area contributed by atoms with Gasteiger partial charge in [0.1, 0.15) is 5.56 Å². The third-order valence-corrected chi connectivity index (χ3v) is 7.91. The number of aromatic amines is 1. The topological polar surface area (TPSA) is 136 Å². The van der Waals surface area contributed by atoms with E-state index in [0.717, 1.165) is 64.5 Å². The van der Waals surface area contributed by atoms with Gasteiger partial charge in [-0.1, -0.05) is 73.1 Å². The van der Waals surface area contributed by atoms with E-state index in [1.165, 1.54) is 0 Å². The Morgan fingerprint density at radius 1 is 0.909 bits per heavy atom. The van der Waals surface area contributed by atoms with Gasteiger partial charge in [0, 0.05) is 25.2 Å². The van der Waals surface area contributed by atoms with Gasteiger partial charge in [0.15, 0.2) is 5.69 Å². The van der Waals surface area contributed by atoms with Crippen molar-refractivity contribution >= 4 is 28.9 Å². The van der Waals surface area contributed by atoms with Gasteiger partial charge < -0.3 is 20.1 Å². The van der Waals surface area contributed by atoms with E-state index in [1.54, 1.807) is 31.2 Å². The standard InChI is InChI=1S/C34H53N5O5/c1-7-13-15-24(10-4)22-39(23-25(11-5)16-14-8-2)33(42)26-17-19-27(20-18-26)37-38-30-29(35-21-9-3)28(34(43)44-12-6)31(40)36-32(30)41/h17-20,24-25H,7-16,21-23H2,1-6H3,(H3,35,36,40,41). The number of nitrogens with zero attached hydrogens (tertiary/aromatic N) is 3. The van der Waals surface area contributed by atoms with Gasteiger partial charge in [-0.25, -0.2) is 4.79 Å². The van der Waals surface area contributed by atoms with Crippen molar-refractivity contribution in [1.82, 2.24) is 9.88 Å². The lowest BCUT2D eigenvalue weighted by molar-refractivity contribution is 0.0523. The Hall–Kier alpha value is -3.69. The minimum Gasteiger partial charge on any atom is -0.494 e. The molecule has 2 unspecified atom stereocenters. The number of hydrogen-bond acceptors (Lipinski definition) is 8. The highest BCUT2D eigenvalue weighted by atomic mass is 16.5. The predicted molar refractivity (Wildman–Crippen MR) is 177 cm³/mol. The number of nitrogens with one attached hydrogen (secondary N) is 2. The average Bonchev–Trinajstić information content (AvgIpc) is 3.02. The molecule has 2 atom stereocenters. The maximum Gasteiger partial charge on any atom is 0.345 e. The number of hydrogen-bond donors (Lipinski definition) is 3. The molecule has 1 aromatic heterocycles. The van der Waals surface area contributed by atoms with Gasteiger partial charge in [0.2, 0.25) is 5.88 Å². The van der Waals surface area contributed by atoms with Crippen LogP contribution in [-0.2, 0) is 4.74 Å². The first-order valence-electron chi connectivity index (χ1n) is 16.4. The summed E-state index contributed by atoms with van der Waals surface area (Å²) < 4.78 is 5.07. The molecule has 44 heavy (non-hydrogen) atoms.